The van der Waals surface area contributed by atoms with Gasteiger partial charge in [0.15, 0.2) is 0 Å². The van der Waals surface area contributed by atoms with Crippen LogP contribution in [-0.2, 0) is 13.1 Å². The number of carbonyl (C=O) groups excluding carboxylic acids is 1. The second-order valence-electron chi connectivity index (χ2n) is 11.1. The first kappa shape index (κ1) is 30.7. The molecule has 1 fully saturated rings. The van der Waals surface area contributed by atoms with Crippen LogP contribution in [0.25, 0.3) is 0 Å². The number of carbonyl (C=O) groups is 1. The van der Waals surface area contributed by atoms with E-state index >= 15 is 0 Å². The third-order valence-electron chi connectivity index (χ3n) is 7.69. The van der Waals surface area contributed by atoms with Gasteiger partial charge in [0.05, 0.1) is 28.1 Å². The second kappa shape index (κ2) is 14.2. The molecule has 0 atom stereocenters. The van der Waals surface area contributed by atoms with Crippen LogP contribution in [0.3, 0.4) is 0 Å². The van der Waals surface area contributed by atoms with E-state index in [0.29, 0.717) is 38.7 Å². The molecule has 0 bridgehead atoms. The maximum Gasteiger partial charge on any atom is 0.267 e. The van der Waals surface area contributed by atoms with E-state index in [9.17, 15) is 4.79 Å². The van der Waals surface area contributed by atoms with Crippen LogP contribution >= 0.6 is 22.9 Å². The van der Waals surface area contributed by atoms with Gasteiger partial charge < -0.3 is 16.0 Å². The van der Waals surface area contributed by atoms with Gasteiger partial charge in [0, 0.05) is 51.0 Å². The lowest BCUT2D eigenvalue weighted by Crippen LogP contribution is -2.45. The number of hydrogen-bond acceptors (Lipinski definition) is 9. The number of piperazine rings is 1. The molecule has 0 aliphatic carbocycles. The number of anilines is 5. The summed E-state index contributed by atoms with van der Waals surface area (Å²) in [6.45, 7) is 9.97. The van der Waals surface area contributed by atoms with Gasteiger partial charge in [-0.1, -0.05) is 60.1 Å². The first-order chi connectivity index (χ1) is 21.9. The monoisotopic (exact) mass is 638 g/mol. The molecule has 2 aromatic heterocycles. The van der Waals surface area contributed by atoms with E-state index in [-0.39, 0.29) is 5.91 Å². The lowest BCUT2D eigenvalue weighted by atomic mass is 10.1. The molecule has 3 heterocycles. The number of halogens is 1. The molecule has 3 N–H and O–H groups in total. The SMILES string of the molecule is Cc1nc(Nc2ccc(CN3CCN(Cc4ccccc4)CC3)cc2)cc(Nc2ccc(C)c(NC(=O)c3cncs3)c2Cl)n1. The summed E-state index contributed by atoms with van der Waals surface area (Å²) in [4.78, 5) is 31.3. The molecule has 11 heteroatoms. The van der Waals surface area contributed by atoms with Gasteiger partial charge in [-0.2, -0.15) is 0 Å². The van der Waals surface area contributed by atoms with E-state index in [2.05, 4.69) is 95.3 Å². The molecule has 3 aromatic carbocycles. The summed E-state index contributed by atoms with van der Waals surface area (Å²) in [6.07, 6.45) is 1.53. The molecule has 1 aliphatic heterocycles. The van der Waals surface area contributed by atoms with Crippen molar-refractivity contribution in [3.05, 3.63) is 117 Å². The molecule has 1 aliphatic rings. The Labute approximate surface area is 272 Å². The number of aromatic nitrogens is 3. The van der Waals surface area contributed by atoms with Crippen molar-refractivity contribution < 1.29 is 4.79 Å². The number of amides is 1. The Kier molecular flexibility index (Phi) is 9.66. The van der Waals surface area contributed by atoms with E-state index in [0.717, 1.165) is 50.5 Å². The van der Waals surface area contributed by atoms with Gasteiger partial charge in [-0.3, -0.25) is 19.6 Å². The summed E-state index contributed by atoms with van der Waals surface area (Å²) in [5, 5.41) is 10.0. The van der Waals surface area contributed by atoms with Gasteiger partial charge in [-0.05, 0) is 48.7 Å². The number of benzene rings is 3. The first-order valence-electron chi connectivity index (χ1n) is 14.9. The van der Waals surface area contributed by atoms with Crippen molar-refractivity contribution in [2.75, 3.05) is 42.1 Å². The standard InChI is InChI=1S/C34H35ClN8OS/c1-23-8-13-28(32(35)33(23)41-34(44)29-19-36-22-45-29)40-31-18-30(37-24(2)38-31)39-27-11-9-26(10-12-27)21-43-16-14-42(15-17-43)20-25-6-4-3-5-7-25/h3-13,18-19,22H,14-17,20-21H2,1-2H3,(H,41,44)(H2,37,38,39,40). The predicted octanol–water partition coefficient (Wildman–Crippen LogP) is 7.26. The normalized spacial score (nSPS) is 13.8. The first-order valence-corrected chi connectivity index (χ1v) is 16.1. The third kappa shape index (κ3) is 8.03. The highest BCUT2D eigenvalue weighted by Gasteiger charge is 2.18. The summed E-state index contributed by atoms with van der Waals surface area (Å²) >= 11 is 8.02. The Morgan fingerprint density at radius 3 is 2.13 bits per heavy atom. The molecule has 6 rings (SSSR count). The quantitative estimate of drug-likeness (QED) is 0.147. The maximum absolute atomic E-state index is 12.6. The van der Waals surface area contributed by atoms with Crippen LogP contribution in [0.5, 0.6) is 0 Å². The van der Waals surface area contributed by atoms with Crippen molar-refractivity contribution in [2.45, 2.75) is 26.9 Å². The van der Waals surface area contributed by atoms with Crippen LogP contribution in [0.1, 0.15) is 32.2 Å². The van der Waals surface area contributed by atoms with Gasteiger partial charge in [0.1, 0.15) is 22.3 Å². The summed E-state index contributed by atoms with van der Waals surface area (Å²) in [5.74, 6) is 1.59. The lowest BCUT2D eigenvalue weighted by Gasteiger charge is -2.34. The molecule has 230 valence electrons. The van der Waals surface area contributed by atoms with Crippen LogP contribution in [0.15, 0.2) is 84.5 Å². The molecular weight excluding hydrogens is 604 g/mol. The molecular formula is C34H35ClN8OS. The van der Waals surface area contributed by atoms with Crippen LogP contribution in [-0.4, -0.2) is 56.8 Å². The molecule has 1 amide bonds. The lowest BCUT2D eigenvalue weighted by molar-refractivity contribution is 0.103. The summed E-state index contributed by atoms with van der Waals surface area (Å²) in [7, 11) is 0. The highest BCUT2D eigenvalue weighted by molar-refractivity contribution is 7.11. The van der Waals surface area contributed by atoms with Crippen LogP contribution < -0.4 is 16.0 Å². The Morgan fingerprint density at radius 1 is 0.844 bits per heavy atom. The van der Waals surface area contributed by atoms with Crippen molar-refractivity contribution in [3.63, 3.8) is 0 Å². The van der Waals surface area contributed by atoms with Crippen LogP contribution in [0, 0.1) is 13.8 Å². The molecule has 0 spiro atoms. The summed E-state index contributed by atoms with van der Waals surface area (Å²) < 4.78 is 0. The minimum atomic E-state index is -0.253. The smallest absolute Gasteiger partial charge is 0.267 e. The molecule has 1 saturated heterocycles. The third-order valence-corrected chi connectivity index (χ3v) is 8.86. The van der Waals surface area contributed by atoms with E-state index in [1.807, 2.05) is 32.0 Å². The number of nitrogens with zero attached hydrogens (tertiary/aromatic N) is 5. The fraction of sp³-hybridized carbons (Fsp3) is 0.235. The maximum atomic E-state index is 12.6. The zero-order chi connectivity index (χ0) is 31.2. The average molecular weight is 639 g/mol. The largest absolute Gasteiger partial charge is 0.340 e. The number of rotatable bonds is 10. The Hall–Kier alpha value is -4.35. The topological polar surface area (TPSA) is 98.3 Å². The van der Waals surface area contributed by atoms with Crippen LogP contribution in [0.4, 0.5) is 28.7 Å². The van der Waals surface area contributed by atoms with Crippen molar-refractivity contribution in [3.8, 4) is 0 Å². The average Bonchev–Trinajstić information content (AvgIpc) is 3.58. The fourth-order valence-electron chi connectivity index (χ4n) is 5.31. The fourth-order valence-corrected chi connectivity index (χ4v) is 6.13. The Balaban J connectivity index is 1.06. The number of hydrogen-bond donors (Lipinski definition) is 3. The zero-order valence-electron chi connectivity index (χ0n) is 25.3. The van der Waals surface area contributed by atoms with E-state index in [4.69, 9.17) is 11.6 Å². The molecule has 45 heavy (non-hydrogen) atoms. The number of nitrogens with one attached hydrogen (secondary N) is 3. The van der Waals surface area contributed by atoms with Crippen molar-refractivity contribution >= 4 is 57.5 Å². The minimum Gasteiger partial charge on any atom is -0.340 e. The summed E-state index contributed by atoms with van der Waals surface area (Å²) in [5.41, 5.74) is 7.22. The van der Waals surface area contributed by atoms with Gasteiger partial charge >= 0.3 is 0 Å². The minimum absolute atomic E-state index is 0.253. The molecule has 9 nitrogen and oxygen atoms in total. The predicted molar refractivity (Wildman–Crippen MR) is 183 cm³/mol. The molecule has 5 aromatic rings. The zero-order valence-corrected chi connectivity index (χ0v) is 26.8. The van der Waals surface area contributed by atoms with Gasteiger partial charge in [0.25, 0.3) is 5.91 Å². The van der Waals surface area contributed by atoms with Gasteiger partial charge in [-0.25, -0.2) is 9.97 Å². The number of aryl methyl sites for hydroxylation is 2. The van der Waals surface area contributed by atoms with Gasteiger partial charge in [-0.15, -0.1) is 11.3 Å². The molecule has 0 saturated carbocycles. The number of thiazole rings is 1. The van der Waals surface area contributed by atoms with Gasteiger partial charge in [0.2, 0.25) is 0 Å². The van der Waals surface area contributed by atoms with E-state index in [1.54, 1.807) is 5.51 Å². The van der Waals surface area contributed by atoms with Crippen molar-refractivity contribution in [1.29, 1.82) is 0 Å². The van der Waals surface area contributed by atoms with E-state index in [1.165, 1.54) is 28.7 Å². The van der Waals surface area contributed by atoms with Crippen molar-refractivity contribution in [2.24, 2.45) is 0 Å². The highest BCUT2D eigenvalue weighted by Crippen LogP contribution is 2.35. The Morgan fingerprint density at radius 2 is 1.49 bits per heavy atom. The van der Waals surface area contributed by atoms with Crippen LogP contribution in [0.2, 0.25) is 5.02 Å². The van der Waals surface area contributed by atoms with Crippen molar-refractivity contribution in [1.82, 2.24) is 24.8 Å². The molecule has 0 radical (unpaired) electrons. The molecule has 0 unspecified atom stereocenters. The highest BCUT2D eigenvalue weighted by atomic mass is 35.5. The summed E-state index contributed by atoms with van der Waals surface area (Å²) in [6, 6.07) is 24.8. The van der Waals surface area contributed by atoms with E-state index < -0.39 is 0 Å². The second-order valence-corrected chi connectivity index (χ2v) is 12.4. The Bertz CT molecular complexity index is 1740.